The number of carbonyl (C=O) groups is 1. The van der Waals surface area contributed by atoms with E-state index in [0.29, 0.717) is 19.5 Å². The number of esters is 1. The molecule has 0 aliphatic carbocycles. The number of ether oxygens (including phenoxy) is 2. The van der Waals surface area contributed by atoms with Crippen molar-refractivity contribution in [2.45, 2.75) is 24.7 Å². The molecule has 2 saturated heterocycles. The topological polar surface area (TPSA) is 62.2 Å². The van der Waals surface area contributed by atoms with Crippen LogP contribution in [0.15, 0.2) is 0 Å². The molecular formula is C12H22N2O4. The fourth-order valence-electron chi connectivity index (χ4n) is 2.70. The number of likely N-dealkylation sites (N-methyl/N-ethyl adjacent to an activating group) is 1. The van der Waals surface area contributed by atoms with Gasteiger partial charge in [-0.05, 0) is 7.05 Å². The summed E-state index contributed by atoms with van der Waals surface area (Å²) in [5.41, 5.74) is 0. The van der Waals surface area contributed by atoms with Crippen molar-refractivity contribution in [1.29, 1.82) is 0 Å². The van der Waals surface area contributed by atoms with Gasteiger partial charge in [0, 0.05) is 32.6 Å². The lowest BCUT2D eigenvalue weighted by molar-refractivity contribution is -0.146. The number of hydrogen-bond acceptors (Lipinski definition) is 6. The molecule has 3 atom stereocenters. The summed E-state index contributed by atoms with van der Waals surface area (Å²) in [5, 5.41) is 9.70. The van der Waals surface area contributed by atoms with Gasteiger partial charge in [-0.3, -0.25) is 9.69 Å². The van der Waals surface area contributed by atoms with Crippen molar-refractivity contribution in [3.05, 3.63) is 0 Å². The monoisotopic (exact) mass is 258 g/mol. The molecule has 0 aromatic rings. The average molecular weight is 258 g/mol. The maximum atomic E-state index is 11.6. The Hall–Kier alpha value is -0.690. The van der Waals surface area contributed by atoms with E-state index in [4.69, 9.17) is 9.47 Å². The molecular weight excluding hydrogens is 236 g/mol. The molecule has 0 radical (unpaired) electrons. The van der Waals surface area contributed by atoms with Crippen molar-refractivity contribution < 1.29 is 19.4 Å². The second-order valence-electron chi connectivity index (χ2n) is 5.14. The van der Waals surface area contributed by atoms with Crippen LogP contribution in [0.2, 0.25) is 0 Å². The Kier molecular flexibility index (Phi) is 4.55. The third-order valence-electron chi connectivity index (χ3n) is 3.63. The number of morpholine rings is 1. The van der Waals surface area contributed by atoms with Crippen LogP contribution in [0.4, 0.5) is 0 Å². The van der Waals surface area contributed by atoms with E-state index >= 15 is 0 Å². The normalized spacial score (nSPS) is 34.7. The quantitative estimate of drug-likeness (QED) is 0.650. The zero-order valence-corrected chi connectivity index (χ0v) is 11.0. The molecule has 0 aromatic heterocycles. The molecule has 1 N–H and O–H groups in total. The van der Waals surface area contributed by atoms with E-state index in [-0.39, 0.29) is 18.1 Å². The highest BCUT2D eigenvalue weighted by Crippen LogP contribution is 2.20. The molecule has 2 heterocycles. The van der Waals surface area contributed by atoms with E-state index < -0.39 is 6.10 Å². The zero-order valence-electron chi connectivity index (χ0n) is 11.0. The summed E-state index contributed by atoms with van der Waals surface area (Å²) in [7, 11) is 3.45. The summed E-state index contributed by atoms with van der Waals surface area (Å²) in [5.74, 6) is -0.268. The van der Waals surface area contributed by atoms with E-state index in [1.54, 1.807) is 0 Å². The van der Waals surface area contributed by atoms with Gasteiger partial charge in [0.15, 0.2) is 0 Å². The van der Waals surface area contributed by atoms with E-state index in [9.17, 15) is 9.90 Å². The molecule has 0 amide bonds. The first-order chi connectivity index (χ1) is 8.60. The van der Waals surface area contributed by atoms with Crippen molar-refractivity contribution in [3.8, 4) is 0 Å². The SMILES string of the molecule is COC(=O)C1CC(O)CN1CC1CN(C)CCO1. The molecule has 2 rings (SSSR count). The number of rotatable bonds is 3. The van der Waals surface area contributed by atoms with E-state index in [0.717, 1.165) is 19.7 Å². The number of methoxy groups -OCH3 is 1. The number of aliphatic hydroxyl groups is 1. The summed E-state index contributed by atoms with van der Waals surface area (Å²) in [6, 6.07) is -0.333. The van der Waals surface area contributed by atoms with Gasteiger partial charge >= 0.3 is 5.97 Å². The largest absolute Gasteiger partial charge is 0.468 e. The smallest absolute Gasteiger partial charge is 0.323 e. The molecule has 0 bridgehead atoms. The van der Waals surface area contributed by atoms with Crippen molar-refractivity contribution >= 4 is 5.97 Å². The third-order valence-corrected chi connectivity index (χ3v) is 3.63. The van der Waals surface area contributed by atoms with Gasteiger partial charge in [0.1, 0.15) is 6.04 Å². The highest BCUT2D eigenvalue weighted by molar-refractivity contribution is 5.76. The Morgan fingerprint density at radius 2 is 2.28 bits per heavy atom. The first-order valence-electron chi connectivity index (χ1n) is 6.40. The Labute approximate surface area is 107 Å². The Morgan fingerprint density at radius 1 is 1.50 bits per heavy atom. The summed E-state index contributed by atoms with van der Waals surface area (Å²) in [4.78, 5) is 15.8. The Balaban J connectivity index is 1.92. The Morgan fingerprint density at radius 3 is 2.94 bits per heavy atom. The lowest BCUT2D eigenvalue weighted by Crippen LogP contribution is -2.48. The Bertz CT molecular complexity index is 300. The predicted octanol–water partition coefficient (Wildman–Crippen LogP) is -1.07. The predicted molar refractivity (Wildman–Crippen MR) is 65.2 cm³/mol. The van der Waals surface area contributed by atoms with Crippen molar-refractivity contribution in [3.63, 3.8) is 0 Å². The standard InChI is InChI=1S/C12H22N2O4/c1-13-3-4-18-10(7-13)8-14-6-9(15)5-11(14)12(16)17-2/h9-11,15H,3-8H2,1-2H3. The summed E-state index contributed by atoms with van der Waals surface area (Å²) >= 11 is 0. The lowest BCUT2D eigenvalue weighted by Gasteiger charge is -2.33. The maximum absolute atomic E-state index is 11.6. The third kappa shape index (κ3) is 3.20. The second-order valence-corrected chi connectivity index (χ2v) is 5.14. The molecule has 0 aromatic carbocycles. The molecule has 2 aliphatic rings. The van der Waals surface area contributed by atoms with Gasteiger partial charge in [-0.25, -0.2) is 0 Å². The molecule has 2 aliphatic heterocycles. The van der Waals surface area contributed by atoms with Crippen LogP contribution in [0, 0.1) is 0 Å². The van der Waals surface area contributed by atoms with Crippen molar-refractivity contribution in [1.82, 2.24) is 9.80 Å². The van der Waals surface area contributed by atoms with Gasteiger partial charge < -0.3 is 19.5 Å². The minimum absolute atomic E-state index is 0.0983. The van der Waals surface area contributed by atoms with Crippen LogP contribution in [0.3, 0.4) is 0 Å². The molecule has 6 nitrogen and oxygen atoms in total. The van der Waals surface area contributed by atoms with Gasteiger partial charge in [-0.1, -0.05) is 0 Å². The van der Waals surface area contributed by atoms with Crippen LogP contribution >= 0.6 is 0 Å². The zero-order chi connectivity index (χ0) is 13.1. The first-order valence-corrected chi connectivity index (χ1v) is 6.40. The second kappa shape index (κ2) is 5.97. The van der Waals surface area contributed by atoms with Crippen LogP contribution < -0.4 is 0 Å². The number of likely N-dealkylation sites (tertiary alicyclic amines) is 1. The van der Waals surface area contributed by atoms with E-state index in [1.165, 1.54) is 7.11 Å². The average Bonchev–Trinajstić information content (AvgIpc) is 2.69. The lowest BCUT2D eigenvalue weighted by atomic mass is 10.2. The summed E-state index contributed by atoms with van der Waals surface area (Å²) < 4.78 is 10.5. The molecule has 2 fully saturated rings. The number of aliphatic hydroxyl groups excluding tert-OH is 1. The van der Waals surface area contributed by atoms with Crippen LogP contribution in [0.25, 0.3) is 0 Å². The fraction of sp³-hybridized carbons (Fsp3) is 0.917. The fourth-order valence-corrected chi connectivity index (χ4v) is 2.70. The number of hydrogen-bond donors (Lipinski definition) is 1. The molecule has 3 unspecified atom stereocenters. The van der Waals surface area contributed by atoms with Gasteiger partial charge in [0.2, 0.25) is 0 Å². The van der Waals surface area contributed by atoms with Crippen molar-refractivity contribution in [2.24, 2.45) is 0 Å². The first kappa shape index (κ1) is 13.7. The highest BCUT2D eigenvalue weighted by atomic mass is 16.5. The number of β-amino-alcohol motifs (C(OH)–C–C–N with tert-alkyl or cyclic N) is 1. The van der Waals surface area contributed by atoms with Crippen LogP contribution in [-0.2, 0) is 14.3 Å². The number of nitrogens with zero attached hydrogens (tertiary/aromatic N) is 2. The van der Waals surface area contributed by atoms with E-state index in [1.807, 2.05) is 4.90 Å². The molecule has 0 spiro atoms. The van der Waals surface area contributed by atoms with Crippen LogP contribution in [0.1, 0.15) is 6.42 Å². The summed E-state index contributed by atoms with van der Waals surface area (Å²) in [6.07, 6.45) is 0.103. The summed E-state index contributed by atoms with van der Waals surface area (Å²) in [6.45, 7) is 3.71. The molecule has 104 valence electrons. The van der Waals surface area contributed by atoms with Gasteiger partial charge in [-0.2, -0.15) is 0 Å². The molecule has 6 heteroatoms. The minimum Gasteiger partial charge on any atom is -0.468 e. The molecule has 18 heavy (non-hydrogen) atoms. The van der Waals surface area contributed by atoms with Crippen LogP contribution in [0.5, 0.6) is 0 Å². The van der Waals surface area contributed by atoms with E-state index in [2.05, 4.69) is 11.9 Å². The minimum atomic E-state index is -0.449. The number of carbonyl (C=O) groups excluding carboxylic acids is 1. The van der Waals surface area contributed by atoms with Crippen LogP contribution in [-0.4, -0.2) is 86.1 Å². The van der Waals surface area contributed by atoms with Gasteiger partial charge in [-0.15, -0.1) is 0 Å². The highest BCUT2D eigenvalue weighted by Gasteiger charge is 2.38. The molecule has 0 saturated carbocycles. The maximum Gasteiger partial charge on any atom is 0.323 e. The van der Waals surface area contributed by atoms with Crippen molar-refractivity contribution in [2.75, 3.05) is 46.9 Å². The van der Waals surface area contributed by atoms with Gasteiger partial charge in [0.25, 0.3) is 0 Å². The van der Waals surface area contributed by atoms with Gasteiger partial charge in [0.05, 0.1) is 25.9 Å².